The van der Waals surface area contributed by atoms with Crippen LogP contribution < -0.4 is 11.1 Å². The Morgan fingerprint density at radius 3 is 2.74 bits per heavy atom. The number of hydrogen-bond donors (Lipinski definition) is 2. The zero-order valence-electron chi connectivity index (χ0n) is 11.4. The topological polar surface area (TPSA) is 68.3 Å². The number of amides is 1. The molecule has 2 aromatic rings. The molecule has 0 saturated heterocycles. The predicted molar refractivity (Wildman–Crippen MR) is 76.4 cm³/mol. The van der Waals surface area contributed by atoms with Gasteiger partial charge in [-0.1, -0.05) is 13.0 Å². The monoisotopic (exact) mass is 258 g/mol. The van der Waals surface area contributed by atoms with Crippen molar-refractivity contribution >= 4 is 17.3 Å². The summed E-state index contributed by atoms with van der Waals surface area (Å²) < 4.78 is 5.27. The number of nitrogens with two attached hydrogens (primary N) is 1. The summed E-state index contributed by atoms with van der Waals surface area (Å²) in [5.74, 6) is 0.527. The predicted octanol–water partition coefficient (Wildman–Crippen LogP) is 3.29. The number of rotatable bonds is 3. The van der Waals surface area contributed by atoms with Gasteiger partial charge in [-0.25, -0.2) is 0 Å². The number of carbonyl (C=O) groups is 1. The molecule has 4 heteroatoms. The molecule has 0 aliphatic carbocycles. The van der Waals surface area contributed by atoms with Crippen LogP contribution in [0.5, 0.6) is 0 Å². The number of nitrogens with one attached hydrogen (secondary N) is 1. The van der Waals surface area contributed by atoms with E-state index in [-0.39, 0.29) is 5.91 Å². The van der Waals surface area contributed by atoms with Gasteiger partial charge in [-0.05, 0) is 37.1 Å². The SMILES string of the molecule is CCc1occc1C(=O)Nc1c(C)ccc(N)c1C. The maximum absolute atomic E-state index is 12.3. The molecule has 0 radical (unpaired) electrons. The minimum absolute atomic E-state index is 0.164. The van der Waals surface area contributed by atoms with Gasteiger partial charge in [0.05, 0.1) is 11.8 Å². The first kappa shape index (κ1) is 13.2. The van der Waals surface area contributed by atoms with Gasteiger partial charge in [-0.3, -0.25) is 4.79 Å². The van der Waals surface area contributed by atoms with Crippen molar-refractivity contribution in [1.29, 1.82) is 0 Å². The summed E-state index contributed by atoms with van der Waals surface area (Å²) in [5.41, 5.74) is 9.76. The van der Waals surface area contributed by atoms with Crippen molar-refractivity contribution in [3.8, 4) is 0 Å². The number of furan rings is 1. The summed E-state index contributed by atoms with van der Waals surface area (Å²) in [6.07, 6.45) is 2.22. The number of benzene rings is 1. The van der Waals surface area contributed by atoms with E-state index in [4.69, 9.17) is 10.2 Å². The Bertz CT molecular complexity index is 615. The van der Waals surface area contributed by atoms with E-state index in [1.807, 2.05) is 32.9 Å². The highest BCUT2D eigenvalue weighted by atomic mass is 16.3. The fourth-order valence-corrected chi connectivity index (χ4v) is 2.05. The fourth-order valence-electron chi connectivity index (χ4n) is 2.05. The first-order chi connectivity index (χ1) is 9.04. The van der Waals surface area contributed by atoms with Crippen LogP contribution in [-0.4, -0.2) is 5.91 Å². The molecule has 0 aliphatic rings. The molecule has 3 N–H and O–H groups in total. The Balaban J connectivity index is 2.32. The lowest BCUT2D eigenvalue weighted by Crippen LogP contribution is -2.15. The van der Waals surface area contributed by atoms with Crippen LogP contribution in [0.25, 0.3) is 0 Å². The molecular weight excluding hydrogens is 240 g/mol. The maximum atomic E-state index is 12.3. The lowest BCUT2D eigenvalue weighted by Gasteiger charge is -2.13. The molecule has 4 nitrogen and oxygen atoms in total. The molecule has 1 heterocycles. The van der Waals surface area contributed by atoms with Gasteiger partial charge in [0.2, 0.25) is 0 Å². The standard InChI is InChI=1S/C15H18N2O2/c1-4-13-11(7-8-19-13)15(18)17-14-9(2)5-6-12(16)10(14)3/h5-8H,4,16H2,1-3H3,(H,17,18). The van der Waals surface area contributed by atoms with E-state index in [1.165, 1.54) is 6.26 Å². The van der Waals surface area contributed by atoms with Crippen LogP contribution in [0.2, 0.25) is 0 Å². The number of carbonyl (C=O) groups excluding carboxylic acids is 1. The number of nitrogen functional groups attached to an aromatic ring is 1. The zero-order chi connectivity index (χ0) is 14.0. The first-order valence-corrected chi connectivity index (χ1v) is 6.28. The summed E-state index contributed by atoms with van der Waals surface area (Å²) in [6, 6.07) is 5.43. The third-order valence-electron chi connectivity index (χ3n) is 3.26. The highest BCUT2D eigenvalue weighted by molar-refractivity contribution is 6.06. The molecule has 1 aromatic carbocycles. The third-order valence-corrected chi connectivity index (χ3v) is 3.26. The summed E-state index contributed by atoms with van der Waals surface area (Å²) in [4.78, 5) is 12.3. The quantitative estimate of drug-likeness (QED) is 0.830. The first-order valence-electron chi connectivity index (χ1n) is 6.28. The van der Waals surface area contributed by atoms with Gasteiger partial charge in [0.1, 0.15) is 5.76 Å². The Morgan fingerprint density at radius 2 is 2.05 bits per heavy atom. The molecule has 2 rings (SSSR count). The maximum Gasteiger partial charge on any atom is 0.259 e. The average Bonchev–Trinajstić information content (AvgIpc) is 2.87. The molecule has 0 aliphatic heterocycles. The second kappa shape index (κ2) is 5.18. The van der Waals surface area contributed by atoms with Gasteiger partial charge in [0, 0.05) is 17.8 Å². The van der Waals surface area contributed by atoms with Crippen LogP contribution in [0.4, 0.5) is 11.4 Å². The van der Waals surface area contributed by atoms with Gasteiger partial charge in [0.15, 0.2) is 0 Å². The van der Waals surface area contributed by atoms with Gasteiger partial charge in [-0.2, -0.15) is 0 Å². The Labute approximate surface area is 112 Å². The molecule has 19 heavy (non-hydrogen) atoms. The smallest absolute Gasteiger partial charge is 0.259 e. The van der Waals surface area contributed by atoms with E-state index in [1.54, 1.807) is 6.07 Å². The van der Waals surface area contributed by atoms with Crippen LogP contribution >= 0.6 is 0 Å². The summed E-state index contributed by atoms with van der Waals surface area (Å²) in [6.45, 7) is 5.79. The van der Waals surface area contributed by atoms with E-state index in [0.29, 0.717) is 23.4 Å². The van der Waals surface area contributed by atoms with Crippen molar-refractivity contribution in [3.05, 3.63) is 46.9 Å². The second-order valence-electron chi connectivity index (χ2n) is 4.54. The Kier molecular flexibility index (Phi) is 3.60. The zero-order valence-corrected chi connectivity index (χ0v) is 11.4. The molecular formula is C15H18N2O2. The molecule has 0 fully saturated rings. The van der Waals surface area contributed by atoms with Gasteiger partial charge in [0.25, 0.3) is 5.91 Å². The highest BCUT2D eigenvalue weighted by Gasteiger charge is 2.15. The van der Waals surface area contributed by atoms with Crippen LogP contribution in [0, 0.1) is 13.8 Å². The Morgan fingerprint density at radius 1 is 1.32 bits per heavy atom. The lowest BCUT2D eigenvalue weighted by atomic mass is 10.1. The Hall–Kier alpha value is -2.23. The van der Waals surface area contributed by atoms with E-state index in [0.717, 1.165) is 16.8 Å². The molecule has 0 unspecified atom stereocenters. The molecule has 100 valence electrons. The van der Waals surface area contributed by atoms with Crippen molar-refractivity contribution in [2.45, 2.75) is 27.2 Å². The molecule has 0 bridgehead atoms. The minimum Gasteiger partial charge on any atom is -0.469 e. The second-order valence-corrected chi connectivity index (χ2v) is 4.54. The number of anilines is 2. The molecule has 0 atom stereocenters. The van der Waals surface area contributed by atoms with Crippen LogP contribution in [0.3, 0.4) is 0 Å². The molecule has 1 aromatic heterocycles. The molecule has 1 amide bonds. The van der Waals surface area contributed by atoms with Crippen LogP contribution in [0.15, 0.2) is 28.9 Å². The van der Waals surface area contributed by atoms with E-state index >= 15 is 0 Å². The van der Waals surface area contributed by atoms with E-state index < -0.39 is 0 Å². The van der Waals surface area contributed by atoms with Crippen molar-refractivity contribution < 1.29 is 9.21 Å². The third kappa shape index (κ3) is 2.47. The molecule has 0 spiro atoms. The minimum atomic E-state index is -0.164. The van der Waals surface area contributed by atoms with Crippen molar-refractivity contribution in [2.75, 3.05) is 11.1 Å². The number of hydrogen-bond acceptors (Lipinski definition) is 3. The van der Waals surface area contributed by atoms with Crippen LogP contribution in [0.1, 0.15) is 34.2 Å². The van der Waals surface area contributed by atoms with Crippen molar-refractivity contribution in [3.63, 3.8) is 0 Å². The summed E-state index contributed by atoms with van der Waals surface area (Å²) in [5, 5.41) is 2.92. The van der Waals surface area contributed by atoms with E-state index in [2.05, 4.69) is 5.32 Å². The van der Waals surface area contributed by atoms with Gasteiger partial charge in [-0.15, -0.1) is 0 Å². The van der Waals surface area contributed by atoms with Gasteiger partial charge < -0.3 is 15.5 Å². The highest BCUT2D eigenvalue weighted by Crippen LogP contribution is 2.26. The van der Waals surface area contributed by atoms with Crippen molar-refractivity contribution in [2.24, 2.45) is 0 Å². The lowest BCUT2D eigenvalue weighted by molar-refractivity contribution is 0.102. The number of aryl methyl sites for hydroxylation is 2. The summed E-state index contributed by atoms with van der Waals surface area (Å²) >= 11 is 0. The van der Waals surface area contributed by atoms with E-state index in [9.17, 15) is 4.79 Å². The summed E-state index contributed by atoms with van der Waals surface area (Å²) in [7, 11) is 0. The van der Waals surface area contributed by atoms with Crippen LogP contribution in [-0.2, 0) is 6.42 Å². The fraction of sp³-hybridized carbons (Fsp3) is 0.267. The molecule has 0 saturated carbocycles. The van der Waals surface area contributed by atoms with Crippen molar-refractivity contribution in [1.82, 2.24) is 0 Å². The average molecular weight is 258 g/mol. The van der Waals surface area contributed by atoms with Gasteiger partial charge >= 0.3 is 0 Å². The normalized spacial score (nSPS) is 10.5. The largest absolute Gasteiger partial charge is 0.469 e.